The van der Waals surface area contributed by atoms with Gasteiger partial charge in [-0.05, 0) is 36.6 Å². The van der Waals surface area contributed by atoms with Crippen LogP contribution < -0.4 is 5.73 Å². The van der Waals surface area contributed by atoms with Crippen molar-refractivity contribution in [2.45, 2.75) is 18.3 Å². The van der Waals surface area contributed by atoms with E-state index in [4.69, 9.17) is 10.5 Å². The standard InChI is InChI=1S/C11H12BrNO2/c1-15-10(14)11(4-5-11)8-6-7(12)2-3-9(8)13/h2-3,6H,4-5,13H2,1H3. The lowest BCUT2D eigenvalue weighted by Gasteiger charge is -2.15. The van der Waals surface area contributed by atoms with Crippen molar-refractivity contribution in [2.24, 2.45) is 0 Å². The van der Waals surface area contributed by atoms with Crippen molar-refractivity contribution >= 4 is 27.6 Å². The average Bonchev–Trinajstić information content (AvgIpc) is 3.01. The third-order valence-electron chi connectivity index (χ3n) is 2.86. The summed E-state index contributed by atoms with van der Waals surface area (Å²) in [7, 11) is 1.41. The van der Waals surface area contributed by atoms with Crippen LogP contribution in [0.25, 0.3) is 0 Å². The number of hydrogen-bond donors (Lipinski definition) is 1. The summed E-state index contributed by atoms with van der Waals surface area (Å²) in [5.74, 6) is -0.188. The molecular formula is C11H12BrNO2. The van der Waals surface area contributed by atoms with Crippen molar-refractivity contribution in [3.8, 4) is 0 Å². The number of ether oxygens (including phenoxy) is 1. The fourth-order valence-corrected chi connectivity index (χ4v) is 2.21. The van der Waals surface area contributed by atoms with E-state index in [2.05, 4.69) is 15.9 Å². The lowest BCUT2D eigenvalue weighted by atomic mass is 9.94. The number of benzene rings is 1. The molecule has 2 N–H and O–H groups in total. The fourth-order valence-electron chi connectivity index (χ4n) is 1.85. The number of carbonyl (C=O) groups is 1. The lowest BCUT2D eigenvalue weighted by Crippen LogP contribution is -2.23. The maximum Gasteiger partial charge on any atom is 0.316 e. The van der Waals surface area contributed by atoms with Crippen LogP contribution in [-0.4, -0.2) is 13.1 Å². The molecule has 1 fully saturated rings. The number of esters is 1. The Morgan fingerprint density at radius 1 is 1.53 bits per heavy atom. The molecule has 0 saturated heterocycles. The fraction of sp³-hybridized carbons (Fsp3) is 0.364. The van der Waals surface area contributed by atoms with E-state index in [1.807, 2.05) is 18.2 Å². The van der Waals surface area contributed by atoms with Gasteiger partial charge >= 0.3 is 5.97 Å². The summed E-state index contributed by atoms with van der Waals surface area (Å²) >= 11 is 3.38. The Labute approximate surface area is 96.7 Å². The molecule has 1 aliphatic carbocycles. The maximum atomic E-state index is 11.7. The monoisotopic (exact) mass is 269 g/mol. The zero-order valence-corrected chi connectivity index (χ0v) is 10.0. The van der Waals surface area contributed by atoms with Gasteiger partial charge in [-0.3, -0.25) is 4.79 Å². The van der Waals surface area contributed by atoms with Crippen molar-refractivity contribution in [2.75, 3.05) is 12.8 Å². The quantitative estimate of drug-likeness (QED) is 0.662. The molecule has 0 aromatic heterocycles. The first kappa shape index (κ1) is 10.5. The van der Waals surface area contributed by atoms with Gasteiger partial charge in [0, 0.05) is 10.2 Å². The van der Waals surface area contributed by atoms with Crippen molar-refractivity contribution < 1.29 is 9.53 Å². The second-order valence-corrected chi connectivity index (χ2v) is 4.72. The Morgan fingerprint density at radius 3 is 2.73 bits per heavy atom. The molecule has 4 heteroatoms. The summed E-state index contributed by atoms with van der Waals surface area (Å²) in [6.45, 7) is 0. The summed E-state index contributed by atoms with van der Waals surface area (Å²) in [4.78, 5) is 11.7. The van der Waals surface area contributed by atoms with Crippen molar-refractivity contribution in [3.05, 3.63) is 28.2 Å². The first-order valence-electron chi connectivity index (χ1n) is 4.74. The molecule has 0 unspecified atom stereocenters. The van der Waals surface area contributed by atoms with E-state index in [-0.39, 0.29) is 5.97 Å². The number of nitrogen functional groups attached to an aromatic ring is 1. The van der Waals surface area contributed by atoms with Gasteiger partial charge in [-0.2, -0.15) is 0 Å². The number of carbonyl (C=O) groups excluding carboxylic acids is 1. The highest BCUT2D eigenvalue weighted by Gasteiger charge is 2.53. The Hall–Kier alpha value is -1.03. The first-order valence-corrected chi connectivity index (χ1v) is 5.53. The molecule has 1 saturated carbocycles. The Bertz CT molecular complexity index is 413. The van der Waals surface area contributed by atoms with Crippen LogP contribution in [-0.2, 0) is 14.9 Å². The molecule has 2 rings (SSSR count). The number of nitrogens with two attached hydrogens (primary N) is 1. The average molecular weight is 270 g/mol. The lowest BCUT2D eigenvalue weighted by molar-refractivity contribution is -0.143. The van der Waals surface area contributed by atoms with E-state index < -0.39 is 5.41 Å². The third kappa shape index (κ3) is 1.63. The number of rotatable bonds is 2. The van der Waals surface area contributed by atoms with Crippen LogP contribution in [0.15, 0.2) is 22.7 Å². The van der Waals surface area contributed by atoms with Crippen molar-refractivity contribution in [1.29, 1.82) is 0 Å². The van der Waals surface area contributed by atoms with E-state index in [0.29, 0.717) is 5.69 Å². The van der Waals surface area contributed by atoms with Crippen LogP contribution in [0.3, 0.4) is 0 Å². The summed E-state index contributed by atoms with van der Waals surface area (Å²) < 4.78 is 5.75. The van der Waals surface area contributed by atoms with Crippen molar-refractivity contribution in [3.63, 3.8) is 0 Å². The topological polar surface area (TPSA) is 52.3 Å². The molecule has 80 valence electrons. The number of methoxy groups -OCH3 is 1. The summed E-state index contributed by atoms with van der Waals surface area (Å²) in [5.41, 5.74) is 6.93. The predicted octanol–water partition coefficient (Wildman–Crippen LogP) is 2.24. The maximum absolute atomic E-state index is 11.7. The molecule has 1 aliphatic rings. The largest absolute Gasteiger partial charge is 0.468 e. The van der Waals surface area contributed by atoms with Gasteiger partial charge < -0.3 is 10.5 Å². The van der Waals surface area contributed by atoms with E-state index in [9.17, 15) is 4.79 Å². The second kappa shape index (κ2) is 3.52. The molecule has 1 aromatic rings. The van der Waals surface area contributed by atoms with E-state index >= 15 is 0 Å². The van der Waals surface area contributed by atoms with E-state index in [0.717, 1.165) is 22.9 Å². The minimum Gasteiger partial charge on any atom is -0.468 e. The van der Waals surface area contributed by atoms with Gasteiger partial charge in [0.1, 0.15) is 0 Å². The highest BCUT2D eigenvalue weighted by molar-refractivity contribution is 9.10. The number of hydrogen-bond acceptors (Lipinski definition) is 3. The van der Waals surface area contributed by atoms with Gasteiger partial charge in [0.25, 0.3) is 0 Å². The molecule has 0 amide bonds. The van der Waals surface area contributed by atoms with Crippen LogP contribution in [0.5, 0.6) is 0 Å². The summed E-state index contributed by atoms with van der Waals surface area (Å²) in [6.07, 6.45) is 1.64. The summed E-state index contributed by atoms with van der Waals surface area (Å²) in [6, 6.07) is 5.58. The van der Waals surface area contributed by atoms with Gasteiger partial charge in [-0.1, -0.05) is 15.9 Å². The van der Waals surface area contributed by atoms with E-state index in [1.165, 1.54) is 7.11 Å². The number of anilines is 1. The highest BCUT2D eigenvalue weighted by atomic mass is 79.9. The first-order chi connectivity index (χ1) is 7.10. The summed E-state index contributed by atoms with van der Waals surface area (Å²) in [5, 5.41) is 0. The minimum absolute atomic E-state index is 0.188. The van der Waals surface area contributed by atoms with E-state index in [1.54, 1.807) is 0 Å². The van der Waals surface area contributed by atoms with Gasteiger partial charge in [0.2, 0.25) is 0 Å². The second-order valence-electron chi connectivity index (χ2n) is 3.81. The van der Waals surface area contributed by atoms with Crippen LogP contribution in [0.4, 0.5) is 5.69 Å². The van der Waals surface area contributed by atoms with Gasteiger partial charge in [-0.25, -0.2) is 0 Å². The minimum atomic E-state index is -0.484. The molecule has 0 atom stereocenters. The molecular weight excluding hydrogens is 258 g/mol. The van der Waals surface area contributed by atoms with Gasteiger partial charge in [0.15, 0.2) is 0 Å². The highest BCUT2D eigenvalue weighted by Crippen LogP contribution is 2.51. The zero-order chi connectivity index (χ0) is 11.1. The Kier molecular flexibility index (Phi) is 2.46. The smallest absolute Gasteiger partial charge is 0.316 e. The SMILES string of the molecule is COC(=O)C1(c2cc(Br)ccc2N)CC1. The molecule has 15 heavy (non-hydrogen) atoms. The number of halogens is 1. The molecule has 3 nitrogen and oxygen atoms in total. The molecule has 0 aliphatic heterocycles. The van der Waals surface area contributed by atoms with Crippen LogP contribution in [0, 0.1) is 0 Å². The molecule has 0 spiro atoms. The molecule has 0 bridgehead atoms. The zero-order valence-electron chi connectivity index (χ0n) is 8.42. The molecule has 0 radical (unpaired) electrons. The Balaban J connectivity index is 2.45. The predicted molar refractivity (Wildman–Crippen MR) is 61.5 cm³/mol. The van der Waals surface area contributed by atoms with Crippen LogP contribution in [0.1, 0.15) is 18.4 Å². The Morgan fingerprint density at radius 2 is 2.20 bits per heavy atom. The van der Waals surface area contributed by atoms with Gasteiger partial charge in [0.05, 0.1) is 12.5 Å². The van der Waals surface area contributed by atoms with Crippen LogP contribution in [0.2, 0.25) is 0 Å². The third-order valence-corrected chi connectivity index (χ3v) is 3.35. The van der Waals surface area contributed by atoms with Crippen LogP contribution >= 0.6 is 15.9 Å². The normalized spacial score (nSPS) is 17.2. The molecule has 1 aromatic carbocycles. The van der Waals surface area contributed by atoms with Gasteiger partial charge in [-0.15, -0.1) is 0 Å². The molecule has 0 heterocycles. The van der Waals surface area contributed by atoms with Crippen molar-refractivity contribution in [1.82, 2.24) is 0 Å².